The van der Waals surface area contributed by atoms with Crippen LogP contribution in [0.4, 0.5) is 5.69 Å². The second-order valence-corrected chi connectivity index (χ2v) is 8.69. The summed E-state index contributed by atoms with van der Waals surface area (Å²) in [5.74, 6) is 0.432. The van der Waals surface area contributed by atoms with Gasteiger partial charge in [0.25, 0.3) is 5.91 Å². The molecule has 0 aliphatic carbocycles. The van der Waals surface area contributed by atoms with Gasteiger partial charge in [0.2, 0.25) is 5.91 Å². The molecule has 0 N–H and O–H groups in total. The third-order valence-electron chi connectivity index (χ3n) is 5.98. The molecule has 6 heteroatoms. The van der Waals surface area contributed by atoms with Crippen LogP contribution < -0.4 is 9.64 Å². The summed E-state index contributed by atoms with van der Waals surface area (Å²) in [6.07, 6.45) is 0.0677. The number of rotatable bonds is 8. The second kappa shape index (κ2) is 10.1. The third-order valence-corrected chi connectivity index (χ3v) is 6.23. The lowest BCUT2D eigenvalue weighted by Crippen LogP contribution is -2.71. The smallest absolute Gasteiger partial charge is 0.270 e. The Hall–Kier alpha value is -3.31. The highest BCUT2D eigenvalue weighted by atomic mass is 35.5. The molecule has 0 aromatic heterocycles. The van der Waals surface area contributed by atoms with E-state index in [0.29, 0.717) is 23.9 Å². The van der Waals surface area contributed by atoms with Crippen LogP contribution in [0.5, 0.6) is 5.75 Å². The van der Waals surface area contributed by atoms with E-state index in [0.717, 1.165) is 23.2 Å². The van der Waals surface area contributed by atoms with Gasteiger partial charge < -0.3 is 9.64 Å². The average Bonchev–Trinajstić information content (AvgIpc) is 2.82. The summed E-state index contributed by atoms with van der Waals surface area (Å²) in [5.41, 5.74) is 3.01. The average molecular weight is 463 g/mol. The number of carbonyl (C=O) groups is 2. The van der Waals surface area contributed by atoms with Gasteiger partial charge in [-0.1, -0.05) is 60.1 Å². The predicted molar refractivity (Wildman–Crippen MR) is 131 cm³/mol. The van der Waals surface area contributed by atoms with E-state index >= 15 is 0 Å². The SMILES string of the molecule is CC(=O)N(CCc1ccccc1)C[C@H]1[C@@H](Oc2ccc(Cl)cc2)C(=O)N1c1ccccc1C. The molecule has 170 valence electrons. The lowest BCUT2D eigenvalue weighted by atomic mass is 9.94. The number of amides is 2. The van der Waals surface area contributed by atoms with Gasteiger partial charge in [0.15, 0.2) is 6.10 Å². The van der Waals surface area contributed by atoms with Gasteiger partial charge in [0.1, 0.15) is 11.8 Å². The fourth-order valence-corrected chi connectivity index (χ4v) is 4.25. The van der Waals surface area contributed by atoms with Gasteiger partial charge in [-0.3, -0.25) is 14.5 Å². The zero-order valence-corrected chi connectivity index (χ0v) is 19.5. The van der Waals surface area contributed by atoms with E-state index in [9.17, 15) is 9.59 Å². The van der Waals surface area contributed by atoms with Crippen molar-refractivity contribution in [1.29, 1.82) is 0 Å². The Morgan fingerprint density at radius 3 is 2.33 bits per heavy atom. The number of aryl methyl sites for hydroxylation is 1. The quantitative estimate of drug-likeness (QED) is 0.447. The van der Waals surface area contributed by atoms with Crippen LogP contribution in [0.2, 0.25) is 5.02 Å². The summed E-state index contributed by atoms with van der Waals surface area (Å²) in [5, 5.41) is 0.601. The molecule has 0 bridgehead atoms. The van der Waals surface area contributed by atoms with Gasteiger partial charge in [-0.25, -0.2) is 0 Å². The molecule has 4 rings (SSSR count). The van der Waals surface area contributed by atoms with Crippen LogP contribution in [0.1, 0.15) is 18.1 Å². The summed E-state index contributed by atoms with van der Waals surface area (Å²) in [6.45, 7) is 4.50. The first-order chi connectivity index (χ1) is 15.9. The predicted octanol–water partition coefficient (Wildman–Crippen LogP) is 4.90. The van der Waals surface area contributed by atoms with Crippen LogP contribution in [0.25, 0.3) is 0 Å². The van der Waals surface area contributed by atoms with Gasteiger partial charge >= 0.3 is 0 Å². The highest BCUT2D eigenvalue weighted by molar-refractivity contribution is 6.30. The standard InChI is InChI=1S/C27H27ClN2O3/c1-19-8-6-7-11-24(19)30-25(26(27(30)32)33-23-14-12-22(28)13-15-23)18-29(20(2)31)17-16-21-9-4-3-5-10-21/h3-15,25-26H,16-18H2,1-2H3/t25-,26+/m0/s1. The Kier molecular flexibility index (Phi) is 6.99. The molecular formula is C27H27ClN2O3. The van der Waals surface area contributed by atoms with E-state index in [-0.39, 0.29) is 17.9 Å². The fourth-order valence-electron chi connectivity index (χ4n) is 4.13. The second-order valence-electron chi connectivity index (χ2n) is 8.26. The van der Waals surface area contributed by atoms with E-state index in [1.165, 1.54) is 0 Å². The molecule has 1 aliphatic heterocycles. The molecule has 2 atom stereocenters. The van der Waals surface area contributed by atoms with Gasteiger partial charge in [-0.05, 0) is 54.8 Å². The number of β-lactam (4-membered cyclic amide) rings is 1. The minimum Gasteiger partial charge on any atom is -0.478 e. The minimum absolute atomic E-state index is 0.0275. The van der Waals surface area contributed by atoms with Crippen LogP contribution in [-0.2, 0) is 16.0 Å². The lowest BCUT2D eigenvalue weighted by Gasteiger charge is -2.48. The topological polar surface area (TPSA) is 49.9 Å². The monoisotopic (exact) mass is 462 g/mol. The van der Waals surface area contributed by atoms with Crippen molar-refractivity contribution in [2.75, 3.05) is 18.0 Å². The maximum absolute atomic E-state index is 13.2. The number of ether oxygens (including phenoxy) is 1. The summed E-state index contributed by atoms with van der Waals surface area (Å²) in [7, 11) is 0. The summed E-state index contributed by atoms with van der Waals surface area (Å²) < 4.78 is 6.08. The number of halogens is 1. The third kappa shape index (κ3) is 5.20. The molecule has 1 saturated heterocycles. The van der Waals surface area contributed by atoms with Crippen molar-refractivity contribution in [1.82, 2.24) is 4.90 Å². The number of nitrogens with zero attached hydrogens (tertiary/aromatic N) is 2. The molecule has 0 unspecified atom stereocenters. The molecule has 0 radical (unpaired) electrons. The lowest BCUT2D eigenvalue weighted by molar-refractivity contribution is -0.138. The van der Waals surface area contributed by atoms with Gasteiger partial charge in [-0.15, -0.1) is 0 Å². The molecule has 0 saturated carbocycles. The Morgan fingerprint density at radius 2 is 1.67 bits per heavy atom. The van der Waals surface area contributed by atoms with Crippen molar-refractivity contribution in [3.05, 3.63) is 95.0 Å². The molecule has 3 aromatic carbocycles. The Bertz CT molecular complexity index is 1120. The van der Waals surface area contributed by atoms with Crippen molar-refractivity contribution in [3.8, 4) is 5.75 Å². The molecule has 2 amide bonds. The molecule has 3 aromatic rings. The molecule has 1 aliphatic rings. The first-order valence-corrected chi connectivity index (χ1v) is 11.4. The maximum Gasteiger partial charge on any atom is 0.270 e. The molecule has 1 fully saturated rings. The van der Waals surface area contributed by atoms with Crippen molar-refractivity contribution < 1.29 is 14.3 Å². The maximum atomic E-state index is 13.2. The summed E-state index contributed by atoms with van der Waals surface area (Å²) in [4.78, 5) is 29.3. The molecule has 33 heavy (non-hydrogen) atoms. The van der Waals surface area contributed by atoms with E-state index in [2.05, 4.69) is 12.1 Å². The highest BCUT2D eigenvalue weighted by Gasteiger charge is 2.51. The van der Waals surface area contributed by atoms with Crippen molar-refractivity contribution in [2.45, 2.75) is 32.4 Å². The van der Waals surface area contributed by atoms with E-state index < -0.39 is 6.10 Å². The van der Waals surface area contributed by atoms with Crippen LogP contribution >= 0.6 is 11.6 Å². The number of hydrogen-bond acceptors (Lipinski definition) is 3. The Balaban J connectivity index is 1.56. The van der Waals surface area contributed by atoms with Crippen molar-refractivity contribution >= 4 is 29.1 Å². The number of carbonyl (C=O) groups excluding carboxylic acids is 2. The van der Waals surface area contributed by atoms with E-state index in [4.69, 9.17) is 16.3 Å². The Labute approximate surface area is 199 Å². The van der Waals surface area contributed by atoms with Crippen LogP contribution in [-0.4, -0.2) is 41.9 Å². The number of hydrogen-bond donors (Lipinski definition) is 0. The Morgan fingerprint density at radius 1 is 1.00 bits per heavy atom. The van der Waals surface area contributed by atoms with Gasteiger partial charge in [0, 0.05) is 30.7 Å². The molecule has 0 spiro atoms. The highest BCUT2D eigenvalue weighted by Crippen LogP contribution is 2.34. The fraction of sp³-hybridized carbons (Fsp3) is 0.259. The summed E-state index contributed by atoms with van der Waals surface area (Å²) in [6, 6.07) is 24.5. The van der Waals surface area contributed by atoms with Crippen LogP contribution in [0.3, 0.4) is 0 Å². The molecular weight excluding hydrogens is 436 g/mol. The van der Waals surface area contributed by atoms with Crippen LogP contribution in [0.15, 0.2) is 78.9 Å². The van der Waals surface area contributed by atoms with Gasteiger partial charge in [-0.2, -0.15) is 0 Å². The number of para-hydroxylation sites is 1. The normalized spacial score (nSPS) is 17.4. The first-order valence-electron chi connectivity index (χ1n) is 11.0. The molecule has 5 nitrogen and oxygen atoms in total. The zero-order valence-electron chi connectivity index (χ0n) is 18.8. The summed E-state index contributed by atoms with van der Waals surface area (Å²) >= 11 is 5.99. The van der Waals surface area contributed by atoms with E-state index in [1.54, 1.807) is 41.0 Å². The van der Waals surface area contributed by atoms with Gasteiger partial charge in [0.05, 0.1) is 0 Å². The number of benzene rings is 3. The van der Waals surface area contributed by atoms with E-state index in [1.807, 2.05) is 49.4 Å². The van der Waals surface area contributed by atoms with Crippen molar-refractivity contribution in [2.24, 2.45) is 0 Å². The first kappa shape index (κ1) is 22.9. The van der Waals surface area contributed by atoms with Crippen molar-refractivity contribution in [3.63, 3.8) is 0 Å². The van der Waals surface area contributed by atoms with Crippen LogP contribution in [0, 0.1) is 6.92 Å². The zero-order chi connectivity index (χ0) is 23.4. The number of anilines is 1. The minimum atomic E-state index is -0.677. The largest absolute Gasteiger partial charge is 0.478 e. The molecule has 1 heterocycles.